The maximum Gasteiger partial charge on any atom is 0.312 e. The van der Waals surface area contributed by atoms with Crippen LogP contribution in [0, 0.1) is 22.5 Å². The van der Waals surface area contributed by atoms with Gasteiger partial charge in [0.2, 0.25) is 5.82 Å². The van der Waals surface area contributed by atoms with E-state index in [0.717, 1.165) is 0 Å². The zero-order valence-corrected chi connectivity index (χ0v) is 6.02. The summed E-state index contributed by atoms with van der Waals surface area (Å²) in [4.78, 5) is 13.2. The number of aromatic nitrogens is 1. The number of terminal acetylenes is 1. The first-order valence-corrected chi connectivity index (χ1v) is 3.01. The Morgan fingerprint density at radius 2 is 2.42 bits per heavy atom. The highest BCUT2D eigenvalue weighted by molar-refractivity contribution is 5.55. The van der Waals surface area contributed by atoms with Gasteiger partial charge in [-0.05, 0) is 0 Å². The van der Waals surface area contributed by atoms with Crippen molar-refractivity contribution in [3.63, 3.8) is 0 Å². The molecule has 0 atom stereocenters. The van der Waals surface area contributed by atoms with E-state index in [9.17, 15) is 10.1 Å². The number of anilines is 1. The molecule has 60 valence electrons. The predicted molar refractivity (Wildman–Crippen MR) is 43.2 cm³/mol. The lowest BCUT2D eigenvalue weighted by Crippen LogP contribution is -1.98. The van der Waals surface area contributed by atoms with Gasteiger partial charge in [0.25, 0.3) is 0 Å². The van der Waals surface area contributed by atoms with Crippen LogP contribution in [-0.4, -0.2) is 9.91 Å². The molecule has 12 heavy (non-hydrogen) atoms. The molecule has 0 spiro atoms. The first-order chi connectivity index (χ1) is 5.65. The van der Waals surface area contributed by atoms with E-state index in [1.807, 2.05) is 0 Å². The van der Waals surface area contributed by atoms with Gasteiger partial charge in [-0.15, -0.1) is 6.42 Å². The third-order valence-corrected chi connectivity index (χ3v) is 1.26. The van der Waals surface area contributed by atoms with Crippen LogP contribution in [0.2, 0.25) is 0 Å². The van der Waals surface area contributed by atoms with Crippen LogP contribution in [0.5, 0.6) is 0 Å². The smallest absolute Gasteiger partial charge is 0.312 e. The van der Waals surface area contributed by atoms with Crippen LogP contribution in [0.4, 0.5) is 11.5 Å². The molecule has 1 aromatic heterocycles. The third kappa shape index (κ3) is 1.32. The van der Waals surface area contributed by atoms with E-state index in [-0.39, 0.29) is 11.5 Å². The second-order valence-electron chi connectivity index (χ2n) is 2.03. The summed E-state index contributed by atoms with van der Waals surface area (Å²) in [5.74, 6) is 2.10. The molecule has 0 bridgehead atoms. The fourth-order valence-corrected chi connectivity index (χ4v) is 0.689. The largest absolute Gasteiger partial charge is 0.378 e. The van der Waals surface area contributed by atoms with Crippen molar-refractivity contribution in [2.45, 2.75) is 0 Å². The van der Waals surface area contributed by atoms with Gasteiger partial charge in [0.15, 0.2) is 0 Å². The van der Waals surface area contributed by atoms with E-state index >= 15 is 0 Å². The Kier molecular flexibility index (Phi) is 1.92. The Balaban J connectivity index is 3.28. The van der Waals surface area contributed by atoms with E-state index in [1.54, 1.807) is 0 Å². The number of nitro groups is 1. The molecule has 5 heteroatoms. The van der Waals surface area contributed by atoms with Crippen LogP contribution in [0.15, 0.2) is 12.3 Å². The molecule has 0 aliphatic carbocycles. The Morgan fingerprint density at radius 1 is 1.75 bits per heavy atom. The number of rotatable bonds is 1. The van der Waals surface area contributed by atoms with Crippen LogP contribution in [0.25, 0.3) is 0 Å². The second kappa shape index (κ2) is 2.88. The molecule has 0 aliphatic heterocycles. The van der Waals surface area contributed by atoms with Gasteiger partial charge in [-0.1, -0.05) is 5.92 Å². The minimum absolute atomic E-state index is 0.126. The topological polar surface area (TPSA) is 82.0 Å². The van der Waals surface area contributed by atoms with Gasteiger partial charge in [-0.2, -0.15) is 0 Å². The normalized spacial score (nSPS) is 8.92. The maximum absolute atomic E-state index is 10.3. The Hall–Kier alpha value is -2.09. The van der Waals surface area contributed by atoms with Crippen LogP contribution < -0.4 is 5.73 Å². The average molecular weight is 163 g/mol. The van der Waals surface area contributed by atoms with Gasteiger partial charge >= 0.3 is 5.69 Å². The quantitative estimate of drug-likeness (QED) is 0.372. The SMILES string of the molecule is C#Cc1cnc(N)c([N+](=O)[O-])c1. The number of nitrogens with two attached hydrogens (primary N) is 1. The Bertz CT molecular complexity index is 367. The lowest BCUT2D eigenvalue weighted by molar-refractivity contribution is -0.384. The van der Waals surface area contributed by atoms with Crippen molar-refractivity contribution in [1.82, 2.24) is 4.98 Å². The maximum atomic E-state index is 10.3. The highest BCUT2D eigenvalue weighted by Crippen LogP contribution is 2.18. The van der Waals surface area contributed by atoms with E-state index < -0.39 is 4.92 Å². The molecule has 0 aliphatic rings. The van der Waals surface area contributed by atoms with Crippen LogP contribution >= 0.6 is 0 Å². The van der Waals surface area contributed by atoms with Gasteiger partial charge in [-0.25, -0.2) is 4.98 Å². The molecule has 2 N–H and O–H groups in total. The number of pyridine rings is 1. The summed E-state index contributed by atoms with van der Waals surface area (Å²) in [6.07, 6.45) is 6.32. The van der Waals surface area contributed by atoms with Crippen molar-refractivity contribution in [3.05, 3.63) is 27.9 Å². The van der Waals surface area contributed by atoms with Crippen molar-refractivity contribution in [2.24, 2.45) is 0 Å². The van der Waals surface area contributed by atoms with E-state index in [2.05, 4.69) is 10.9 Å². The van der Waals surface area contributed by atoms with Gasteiger partial charge in [-0.3, -0.25) is 10.1 Å². The van der Waals surface area contributed by atoms with E-state index in [0.29, 0.717) is 5.56 Å². The summed E-state index contributed by atoms with van der Waals surface area (Å²) in [5.41, 5.74) is 5.31. The summed E-state index contributed by atoms with van der Waals surface area (Å²) in [5, 5.41) is 10.3. The molecule has 1 heterocycles. The third-order valence-electron chi connectivity index (χ3n) is 1.26. The molecular formula is C7H5N3O2. The van der Waals surface area contributed by atoms with Crippen molar-refractivity contribution < 1.29 is 4.92 Å². The Morgan fingerprint density at radius 3 is 2.92 bits per heavy atom. The molecule has 0 radical (unpaired) electrons. The molecule has 0 aromatic carbocycles. The molecule has 0 unspecified atom stereocenters. The van der Waals surface area contributed by atoms with E-state index in [1.165, 1.54) is 12.3 Å². The van der Waals surface area contributed by atoms with Gasteiger partial charge in [0, 0.05) is 17.8 Å². The lowest BCUT2D eigenvalue weighted by atomic mass is 10.2. The standard InChI is InChI=1S/C7H5N3O2/c1-2-5-3-6(10(11)12)7(8)9-4-5/h1,3-4H,(H2,8,9). The van der Waals surface area contributed by atoms with Gasteiger partial charge in [0.05, 0.1) is 4.92 Å². The molecule has 5 nitrogen and oxygen atoms in total. The van der Waals surface area contributed by atoms with Crippen LogP contribution in [0.3, 0.4) is 0 Å². The first-order valence-electron chi connectivity index (χ1n) is 3.01. The van der Waals surface area contributed by atoms with Crippen LogP contribution in [0.1, 0.15) is 5.56 Å². The molecule has 1 rings (SSSR count). The minimum Gasteiger partial charge on any atom is -0.378 e. The van der Waals surface area contributed by atoms with Crippen molar-refractivity contribution in [1.29, 1.82) is 0 Å². The number of nitrogens with zero attached hydrogens (tertiary/aromatic N) is 2. The highest BCUT2D eigenvalue weighted by atomic mass is 16.6. The van der Waals surface area contributed by atoms with Gasteiger partial charge in [0.1, 0.15) is 0 Å². The molecule has 1 aromatic rings. The monoisotopic (exact) mass is 163 g/mol. The second-order valence-corrected chi connectivity index (χ2v) is 2.03. The predicted octanol–water partition coefficient (Wildman–Crippen LogP) is 0.553. The summed E-state index contributed by atoms with van der Waals surface area (Å²) in [7, 11) is 0. The summed E-state index contributed by atoms with van der Waals surface area (Å²) >= 11 is 0. The zero-order chi connectivity index (χ0) is 9.14. The summed E-state index contributed by atoms with van der Waals surface area (Å²) in [6.45, 7) is 0. The molecule has 0 fully saturated rings. The zero-order valence-electron chi connectivity index (χ0n) is 6.02. The van der Waals surface area contributed by atoms with Crippen molar-refractivity contribution in [3.8, 4) is 12.3 Å². The molecular weight excluding hydrogens is 158 g/mol. The Labute approximate surface area is 68.4 Å². The van der Waals surface area contributed by atoms with Crippen molar-refractivity contribution in [2.75, 3.05) is 5.73 Å². The minimum atomic E-state index is -0.622. The van der Waals surface area contributed by atoms with Crippen LogP contribution in [-0.2, 0) is 0 Å². The first kappa shape index (κ1) is 8.01. The lowest BCUT2D eigenvalue weighted by Gasteiger charge is -1.95. The number of hydrogen-bond acceptors (Lipinski definition) is 4. The number of nitrogen functional groups attached to an aromatic ring is 1. The molecule has 0 saturated heterocycles. The fraction of sp³-hybridized carbons (Fsp3) is 0. The number of hydrogen-bond donors (Lipinski definition) is 1. The summed E-state index contributed by atoms with van der Waals surface area (Å²) < 4.78 is 0. The highest BCUT2D eigenvalue weighted by Gasteiger charge is 2.12. The average Bonchev–Trinajstić information content (AvgIpc) is 2.05. The molecule has 0 saturated carbocycles. The summed E-state index contributed by atoms with van der Waals surface area (Å²) in [6, 6.07) is 1.21. The van der Waals surface area contributed by atoms with Gasteiger partial charge < -0.3 is 5.73 Å². The fourth-order valence-electron chi connectivity index (χ4n) is 0.689. The van der Waals surface area contributed by atoms with E-state index in [4.69, 9.17) is 12.2 Å². The van der Waals surface area contributed by atoms with Crippen molar-refractivity contribution >= 4 is 11.5 Å². The molecule has 0 amide bonds.